The van der Waals surface area contributed by atoms with E-state index in [0.717, 1.165) is 44.7 Å². The van der Waals surface area contributed by atoms with Gasteiger partial charge in [-0.15, -0.1) is 24.8 Å². The number of nitrogens with two attached hydrogens (primary N) is 1. The number of ether oxygens (including phenoxy) is 1. The van der Waals surface area contributed by atoms with Gasteiger partial charge < -0.3 is 15.8 Å². The van der Waals surface area contributed by atoms with Crippen molar-refractivity contribution in [2.75, 3.05) is 32.8 Å². The Hall–Kier alpha value is -0.850. The molecule has 3 N–H and O–H groups in total. The van der Waals surface area contributed by atoms with E-state index in [-0.39, 0.29) is 36.3 Å². The number of halogens is 2. The summed E-state index contributed by atoms with van der Waals surface area (Å²) in [6, 6.07) is 9.46. The van der Waals surface area contributed by atoms with Crippen LogP contribution in [-0.4, -0.2) is 55.2 Å². The number of piperidine rings is 1. The first-order valence-electron chi connectivity index (χ1n) is 9.60. The molecule has 1 atom stereocenters. The highest BCUT2D eigenvalue weighted by Gasteiger charge is 2.39. The average molecular weight is 418 g/mol. The summed E-state index contributed by atoms with van der Waals surface area (Å²) in [6.07, 6.45) is 6.38. The molecule has 1 amide bonds. The molecule has 2 aliphatic rings. The molecule has 1 aromatic rings. The van der Waals surface area contributed by atoms with Gasteiger partial charge in [0.1, 0.15) is 0 Å². The average Bonchev–Trinajstić information content (AvgIpc) is 2.68. The van der Waals surface area contributed by atoms with Crippen LogP contribution in [-0.2, 0) is 16.0 Å². The molecule has 0 bridgehead atoms. The van der Waals surface area contributed by atoms with Crippen molar-refractivity contribution in [3.05, 3.63) is 35.9 Å². The summed E-state index contributed by atoms with van der Waals surface area (Å²) in [7, 11) is 0. The molecule has 5 nitrogen and oxygen atoms in total. The van der Waals surface area contributed by atoms with Gasteiger partial charge in [0.2, 0.25) is 5.91 Å². The maximum atomic E-state index is 12.5. The molecule has 7 heteroatoms. The Kier molecular flexibility index (Phi) is 10.6. The minimum absolute atomic E-state index is 0. The van der Waals surface area contributed by atoms with Gasteiger partial charge in [-0.1, -0.05) is 36.8 Å². The van der Waals surface area contributed by atoms with E-state index in [9.17, 15) is 4.79 Å². The number of rotatable bonds is 6. The number of nitrogens with one attached hydrogen (secondary N) is 1. The van der Waals surface area contributed by atoms with E-state index in [0.29, 0.717) is 13.0 Å². The molecule has 0 radical (unpaired) electrons. The number of amides is 1. The topological polar surface area (TPSA) is 67.6 Å². The van der Waals surface area contributed by atoms with Gasteiger partial charge in [-0.05, 0) is 50.8 Å². The molecule has 27 heavy (non-hydrogen) atoms. The normalized spacial score (nSPS) is 20.6. The first-order chi connectivity index (χ1) is 12.2. The maximum Gasteiger partial charge on any atom is 0.237 e. The maximum absolute atomic E-state index is 12.5. The molecule has 1 unspecified atom stereocenters. The summed E-state index contributed by atoms with van der Waals surface area (Å²) in [5.74, 6) is -0.0493. The first kappa shape index (κ1) is 24.2. The van der Waals surface area contributed by atoms with E-state index in [2.05, 4.69) is 10.2 Å². The zero-order valence-electron chi connectivity index (χ0n) is 15.9. The van der Waals surface area contributed by atoms with Crippen molar-refractivity contribution in [3.8, 4) is 0 Å². The van der Waals surface area contributed by atoms with Gasteiger partial charge in [-0.2, -0.15) is 0 Å². The van der Waals surface area contributed by atoms with Crippen LogP contribution in [0.3, 0.4) is 0 Å². The highest BCUT2D eigenvalue weighted by molar-refractivity contribution is 5.85. The number of hydrogen-bond donors (Lipinski definition) is 2. The van der Waals surface area contributed by atoms with Crippen LogP contribution in [0.2, 0.25) is 0 Å². The van der Waals surface area contributed by atoms with Gasteiger partial charge in [0.05, 0.1) is 6.04 Å². The Balaban J connectivity index is 0.00000182. The van der Waals surface area contributed by atoms with Crippen molar-refractivity contribution in [1.29, 1.82) is 0 Å². The molecule has 2 saturated heterocycles. The summed E-state index contributed by atoms with van der Waals surface area (Å²) >= 11 is 0. The molecule has 2 fully saturated rings. The van der Waals surface area contributed by atoms with Gasteiger partial charge in [-0.3, -0.25) is 9.69 Å². The summed E-state index contributed by atoms with van der Waals surface area (Å²) in [5.41, 5.74) is 7.28. The Morgan fingerprint density at radius 2 is 1.74 bits per heavy atom. The van der Waals surface area contributed by atoms with Crippen LogP contribution >= 0.6 is 24.8 Å². The van der Waals surface area contributed by atoms with E-state index in [1.807, 2.05) is 30.3 Å². The van der Waals surface area contributed by atoms with E-state index >= 15 is 0 Å². The summed E-state index contributed by atoms with van der Waals surface area (Å²) in [5, 5.41) is 3.15. The van der Waals surface area contributed by atoms with Crippen LogP contribution in [0.25, 0.3) is 0 Å². The Morgan fingerprint density at radius 1 is 1.11 bits per heavy atom. The largest absolute Gasteiger partial charge is 0.381 e. The van der Waals surface area contributed by atoms with E-state index in [1.165, 1.54) is 19.3 Å². The van der Waals surface area contributed by atoms with Crippen molar-refractivity contribution in [1.82, 2.24) is 10.2 Å². The third-order valence-corrected chi connectivity index (χ3v) is 5.68. The van der Waals surface area contributed by atoms with E-state index in [1.54, 1.807) is 0 Å². The van der Waals surface area contributed by atoms with Crippen LogP contribution in [0.15, 0.2) is 30.3 Å². The summed E-state index contributed by atoms with van der Waals surface area (Å²) < 4.78 is 5.58. The number of carbonyl (C=O) groups is 1. The lowest BCUT2D eigenvalue weighted by molar-refractivity contribution is -0.123. The van der Waals surface area contributed by atoms with Crippen molar-refractivity contribution < 1.29 is 9.53 Å². The molecule has 0 saturated carbocycles. The van der Waals surface area contributed by atoms with E-state index < -0.39 is 6.04 Å². The minimum Gasteiger partial charge on any atom is -0.381 e. The third-order valence-electron chi connectivity index (χ3n) is 5.68. The van der Waals surface area contributed by atoms with Crippen molar-refractivity contribution in [3.63, 3.8) is 0 Å². The quantitative estimate of drug-likeness (QED) is 0.745. The third kappa shape index (κ3) is 6.61. The second kappa shape index (κ2) is 11.9. The summed E-state index contributed by atoms with van der Waals surface area (Å²) in [4.78, 5) is 15.1. The van der Waals surface area contributed by atoms with Crippen molar-refractivity contribution >= 4 is 30.7 Å². The van der Waals surface area contributed by atoms with E-state index in [4.69, 9.17) is 10.5 Å². The highest BCUT2D eigenvalue weighted by Crippen LogP contribution is 2.30. The fourth-order valence-electron chi connectivity index (χ4n) is 4.07. The molecule has 0 aromatic heterocycles. The molecular formula is C20H33Cl2N3O2. The Bertz CT molecular complexity index is 547. The van der Waals surface area contributed by atoms with Crippen LogP contribution in [0.1, 0.15) is 37.7 Å². The molecule has 3 rings (SSSR count). The lowest BCUT2D eigenvalue weighted by atomic mass is 9.86. The van der Waals surface area contributed by atoms with Gasteiger partial charge in [0.15, 0.2) is 0 Å². The predicted molar refractivity (Wildman–Crippen MR) is 114 cm³/mol. The lowest BCUT2D eigenvalue weighted by Gasteiger charge is -2.48. The Labute approximate surface area is 175 Å². The van der Waals surface area contributed by atoms with Crippen LogP contribution in [0.5, 0.6) is 0 Å². The summed E-state index contributed by atoms with van der Waals surface area (Å²) in [6.45, 7) is 4.50. The number of benzene rings is 1. The van der Waals surface area contributed by atoms with Gasteiger partial charge in [0.25, 0.3) is 0 Å². The van der Waals surface area contributed by atoms with Crippen LogP contribution in [0.4, 0.5) is 0 Å². The fourth-order valence-corrected chi connectivity index (χ4v) is 4.07. The van der Waals surface area contributed by atoms with Crippen LogP contribution in [0, 0.1) is 0 Å². The Morgan fingerprint density at radius 3 is 2.37 bits per heavy atom. The smallest absolute Gasteiger partial charge is 0.237 e. The standard InChI is InChI=1S/C20H31N3O2.2ClH/c21-18(15-17-7-3-1-4-8-17)19(24)22-16-20(9-13-25-14-10-20)23-11-5-2-6-12-23;;/h1,3-4,7-8,18H,2,5-6,9-16,21H2,(H,22,24);2*1H. The molecule has 2 aliphatic heterocycles. The fraction of sp³-hybridized carbons (Fsp3) is 0.650. The molecule has 0 aliphatic carbocycles. The predicted octanol–water partition coefficient (Wildman–Crippen LogP) is 2.55. The molecule has 2 heterocycles. The molecule has 0 spiro atoms. The monoisotopic (exact) mass is 417 g/mol. The van der Waals surface area contributed by atoms with Crippen molar-refractivity contribution in [2.45, 2.75) is 50.1 Å². The number of likely N-dealkylation sites (tertiary alicyclic amines) is 1. The number of hydrogen-bond acceptors (Lipinski definition) is 4. The van der Waals surface area contributed by atoms with Crippen LogP contribution < -0.4 is 11.1 Å². The highest BCUT2D eigenvalue weighted by atomic mass is 35.5. The van der Waals surface area contributed by atoms with Gasteiger partial charge in [0, 0.05) is 25.3 Å². The second-order valence-corrected chi connectivity index (χ2v) is 7.40. The first-order valence-corrected chi connectivity index (χ1v) is 9.60. The lowest BCUT2D eigenvalue weighted by Crippen LogP contribution is -2.60. The second-order valence-electron chi connectivity index (χ2n) is 7.40. The number of carbonyl (C=O) groups excluding carboxylic acids is 1. The molecular weight excluding hydrogens is 385 g/mol. The minimum atomic E-state index is -0.499. The molecule has 154 valence electrons. The zero-order chi connectivity index (χ0) is 17.5. The molecule has 1 aromatic carbocycles. The van der Waals surface area contributed by atoms with Gasteiger partial charge >= 0.3 is 0 Å². The number of nitrogens with zero attached hydrogens (tertiary/aromatic N) is 1. The zero-order valence-corrected chi connectivity index (χ0v) is 17.5. The SMILES string of the molecule is Cl.Cl.NC(Cc1ccccc1)C(=O)NCC1(N2CCCCC2)CCOCC1. The van der Waals surface area contributed by atoms with Crippen molar-refractivity contribution in [2.24, 2.45) is 5.73 Å². The van der Waals surface area contributed by atoms with Gasteiger partial charge in [-0.25, -0.2) is 0 Å².